The van der Waals surface area contributed by atoms with Crippen LogP contribution in [0, 0.1) is 5.21 Å². The maximum absolute atomic E-state index is 14.0. The highest BCUT2D eigenvalue weighted by molar-refractivity contribution is 7.99. The Balaban J connectivity index is 1.38. The molecule has 0 radical (unpaired) electrons. The van der Waals surface area contributed by atoms with Gasteiger partial charge in [-0.2, -0.15) is 0 Å². The van der Waals surface area contributed by atoms with Crippen molar-refractivity contribution in [1.29, 1.82) is 0 Å². The zero-order valence-electron chi connectivity index (χ0n) is 17.4. The highest BCUT2D eigenvalue weighted by Crippen LogP contribution is 2.32. The summed E-state index contributed by atoms with van der Waals surface area (Å²) in [6.07, 6.45) is 9.73. The number of thioether (sulfide) groups is 1. The number of nitrogens with zero attached hydrogens (tertiary/aromatic N) is 5. The fourth-order valence-corrected chi connectivity index (χ4v) is 5.22. The van der Waals surface area contributed by atoms with Crippen molar-refractivity contribution < 1.29 is 4.65 Å². The summed E-state index contributed by atoms with van der Waals surface area (Å²) in [5.74, 6) is 1.01. The molecule has 0 aliphatic carbocycles. The van der Waals surface area contributed by atoms with Gasteiger partial charge in [0, 0.05) is 36.3 Å². The fraction of sp³-hybridized carbons (Fsp3) is 0.409. The molecule has 2 saturated heterocycles. The molecule has 2 unspecified atom stereocenters. The van der Waals surface area contributed by atoms with E-state index in [4.69, 9.17) is 16.6 Å². The normalized spacial score (nSPS) is 27.5. The van der Waals surface area contributed by atoms with Crippen LogP contribution in [0.5, 0.6) is 0 Å². The predicted molar refractivity (Wildman–Crippen MR) is 125 cm³/mol. The van der Waals surface area contributed by atoms with Crippen molar-refractivity contribution in [3.05, 3.63) is 64.4 Å². The Morgan fingerprint density at radius 2 is 2.16 bits per heavy atom. The largest absolute Gasteiger partial charge is 0.632 e. The molecule has 5 heterocycles. The molecule has 7 nitrogen and oxygen atoms in total. The maximum atomic E-state index is 14.0. The van der Waals surface area contributed by atoms with Gasteiger partial charge in [-0.1, -0.05) is 11.6 Å². The first-order valence-electron chi connectivity index (χ1n) is 10.5. The summed E-state index contributed by atoms with van der Waals surface area (Å²) in [5, 5.41) is 17.8. The third kappa shape index (κ3) is 4.30. The van der Waals surface area contributed by atoms with E-state index < -0.39 is 0 Å². The van der Waals surface area contributed by atoms with Gasteiger partial charge in [-0.15, -0.1) is 11.8 Å². The first kappa shape index (κ1) is 20.8. The van der Waals surface area contributed by atoms with E-state index in [1.807, 2.05) is 36.9 Å². The quantitative estimate of drug-likeness (QED) is 0.430. The van der Waals surface area contributed by atoms with Crippen LogP contribution in [0.25, 0.3) is 11.3 Å². The van der Waals surface area contributed by atoms with E-state index in [-0.39, 0.29) is 16.2 Å². The Hall–Kier alpha value is -2.13. The van der Waals surface area contributed by atoms with Crippen LogP contribution in [-0.4, -0.2) is 62.8 Å². The molecular formula is C22H25ClN6OS. The third-order valence-corrected chi connectivity index (χ3v) is 7.03. The monoisotopic (exact) mass is 456 g/mol. The van der Waals surface area contributed by atoms with Gasteiger partial charge in [0.1, 0.15) is 24.1 Å². The highest BCUT2D eigenvalue weighted by atomic mass is 35.5. The molecule has 5 rings (SSSR count). The Morgan fingerprint density at radius 3 is 2.90 bits per heavy atom. The molecule has 3 atom stereocenters. The van der Waals surface area contributed by atoms with Crippen LogP contribution in [0.3, 0.4) is 0 Å². The smallest absolute Gasteiger partial charge is 0.168 e. The number of hydroxylamine groups is 3. The second kappa shape index (κ2) is 8.43. The number of amidine groups is 1. The second-order valence-electron chi connectivity index (χ2n) is 8.34. The van der Waals surface area contributed by atoms with Crippen LogP contribution >= 0.6 is 23.4 Å². The summed E-state index contributed by atoms with van der Waals surface area (Å²) < 4.78 is -0.291. The number of halogens is 1. The summed E-state index contributed by atoms with van der Waals surface area (Å²) in [5.41, 5.74) is 3.70. The van der Waals surface area contributed by atoms with Crippen molar-refractivity contribution in [3.63, 3.8) is 0 Å². The number of hydrogen-bond acceptors (Lipinski definition) is 7. The molecule has 9 heteroatoms. The van der Waals surface area contributed by atoms with Gasteiger partial charge in [-0.3, -0.25) is 4.98 Å². The molecule has 3 aliphatic heterocycles. The third-order valence-electron chi connectivity index (χ3n) is 6.12. The summed E-state index contributed by atoms with van der Waals surface area (Å²) in [6.45, 7) is 2.37. The van der Waals surface area contributed by atoms with Crippen molar-refractivity contribution in [2.24, 2.45) is 4.99 Å². The lowest BCUT2D eigenvalue weighted by atomic mass is 10.1. The molecule has 31 heavy (non-hydrogen) atoms. The topological polar surface area (TPSA) is 76.5 Å². The number of aromatic nitrogens is 2. The molecular weight excluding hydrogens is 432 g/mol. The lowest BCUT2D eigenvalue weighted by Crippen LogP contribution is -2.47. The van der Waals surface area contributed by atoms with Gasteiger partial charge in [0.2, 0.25) is 0 Å². The Kier molecular flexibility index (Phi) is 5.64. The molecule has 1 N–H and O–H groups in total. The van der Waals surface area contributed by atoms with E-state index in [1.54, 1.807) is 24.0 Å². The summed E-state index contributed by atoms with van der Waals surface area (Å²) in [6, 6.07) is 7.84. The van der Waals surface area contributed by atoms with E-state index in [0.717, 1.165) is 47.6 Å². The van der Waals surface area contributed by atoms with Crippen molar-refractivity contribution >= 4 is 29.2 Å². The lowest BCUT2D eigenvalue weighted by molar-refractivity contribution is -0.889. The summed E-state index contributed by atoms with van der Waals surface area (Å²) in [4.78, 5) is 16.0. The summed E-state index contributed by atoms with van der Waals surface area (Å²) in [7, 11) is 0. The van der Waals surface area contributed by atoms with Crippen LogP contribution in [0.2, 0.25) is 5.15 Å². The van der Waals surface area contributed by atoms with Crippen molar-refractivity contribution in [2.45, 2.75) is 30.9 Å². The number of hydrogen-bond donors (Lipinski definition) is 1. The van der Waals surface area contributed by atoms with Gasteiger partial charge in [0.05, 0.1) is 23.9 Å². The van der Waals surface area contributed by atoms with Gasteiger partial charge < -0.3 is 20.1 Å². The highest BCUT2D eigenvalue weighted by Gasteiger charge is 2.40. The number of rotatable bonds is 4. The van der Waals surface area contributed by atoms with Crippen molar-refractivity contribution in [2.75, 3.05) is 25.9 Å². The van der Waals surface area contributed by atoms with Crippen LogP contribution in [0.1, 0.15) is 18.4 Å². The lowest BCUT2D eigenvalue weighted by Gasteiger charge is -2.43. The predicted octanol–water partition coefficient (Wildman–Crippen LogP) is 3.62. The number of aliphatic imine (C=N–C) groups is 1. The molecule has 0 aromatic carbocycles. The minimum absolute atomic E-state index is 0.0192. The molecule has 2 fully saturated rings. The van der Waals surface area contributed by atoms with E-state index >= 15 is 0 Å². The second-order valence-corrected chi connectivity index (χ2v) is 9.65. The van der Waals surface area contributed by atoms with Gasteiger partial charge in [0.15, 0.2) is 5.50 Å². The molecule has 162 valence electrons. The zero-order valence-corrected chi connectivity index (χ0v) is 18.9. The Bertz CT molecular complexity index is 1010. The van der Waals surface area contributed by atoms with Crippen LogP contribution in [0.15, 0.2) is 53.4 Å². The average molecular weight is 457 g/mol. The average Bonchev–Trinajstić information content (AvgIpc) is 3.18. The van der Waals surface area contributed by atoms with E-state index in [1.165, 1.54) is 0 Å². The van der Waals surface area contributed by atoms with E-state index in [9.17, 15) is 5.21 Å². The van der Waals surface area contributed by atoms with Crippen molar-refractivity contribution in [3.8, 4) is 11.3 Å². The molecule has 3 aliphatic rings. The number of quaternary nitrogens is 1. The van der Waals surface area contributed by atoms with E-state index in [2.05, 4.69) is 20.2 Å². The van der Waals surface area contributed by atoms with Crippen LogP contribution < -0.4 is 5.32 Å². The SMILES string of the molecule is CS[C@@H]1N=C2C(=CN1)C[N+]([O-])(Cc1ccc(-c3ccc(Cl)nc3)nc1)CC1CCCN21. The molecule has 2 aromatic rings. The van der Waals surface area contributed by atoms with Gasteiger partial charge in [0.25, 0.3) is 0 Å². The van der Waals surface area contributed by atoms with Crippen molar-refractivity contribution in [1.82, 2.24) is 20.2 Å². The minimum atomic E-state index is -0.291. The van der Waals surface area contributed by atoms with Crippen LogP contribution in [-0.2, 0) is 6.54 Å². The Morgan fingerprint density at radius 1 is 1.26 bits per heavy atom. The van der Waals surface area contributed by atoms with E-state index in [0.29, 0.717) is 24.8 Å². The van der Waals surface area contributed by atoms with Crippen LogP contribution in [0.4, 0.5) is 0 Å². The standard InChI is InChI=1S/C22H25ClN6OS/c1-31-22-26-11-17-13-29(30,14-18-3-2-8-28(18)21(17)27-22)12-15-4-6-19(24-9-15)16-5-7-20(23)25-10-16/h4-7,9-11,18,22,26H,2-3,8,12-14H2,1H3/t18?,22-,29?/m0/s1. The van der Waals surface area contributed by atoms with Gasteiger partial charge in [-0.25, -0.2) is 9.98 Å². The first-order valence-corrected chi connectivity index (χ1v) is 12.2. The van der Waals surface area contributed by atoms with Gasteiger partial charge >= 0.3 is 0 Å². The molecule has 2 aromatic heterocycles. The molecule has 0 saturated carbocycles. The zero-order chi connectivity index (χ0) is 21.4. The Labute approximate surface area is 191 Å². The van der Waals surface area contributed by atoms with Gasteiger partial charge in [-0.05, 0) is 43.4 Å². The maximum Gasteiger partial charge on any atom is 0.168 e. The number of pyridine rings is 2. The molecule has 0 bridgehead atoms. The molecule has 0 amide bonds. The number of fused-ring (bicyclic) bond motifs is 3. The first-order chi connectivity index (χ1) is 15.0. The minimum Gasteiger partial charge on any atom is -0.632 e. The fourth-order valence-electron chi connectivity index (χ4n) is 4.70. The summed E-state index contributed by atoms with van der Waals surface area (Å²) >= 11 is 7.55. The number of nitrogens with one attached hydrogen (secondary N) is 1. The molecule has 0 spiro atoms.